The SMILES string of the molecule is CC1CC(NC2CCN(CC(N)=O)CC2)C1. The van der Waals surface area contributed by atoms with Crippen LogP contribution in [-0.2, 0) is 4.79 Å². The van der Waals surface area contributed by atoms with Gasteiger partial charge >= 0.3 is 0 Å². The predicted octanol–water partition coefficient (Wildman–Crippen LogP) is 0.324. The highest BCUT2D eigenvalue weighted by Crippen LogP contribution is 2.27. The smallest absolute Gasteiger partial charge is 0.231 e. The lowest BCUT2D eigenvalue weighted by Gasteiger charge is -2.39. The van der Waals surface area contributed by atoms with Crippen LogP contribution in [0.3, 0.4) is 0 Å². The largest absolute Gasteiger partial charge is 0.369 e. The first-order chi connectivity index (χ1) is 7.63. The number of amides is 1. The van der Waals surface area contributed by atoms with Gasteiger partial charge < -0.3 is 11.1 Å². The predicted molar refractivity (Wildman–Crippen MR) is 64.0 cm³/mol. The number of nitrogens with two attached hydrogens (primary N) is 1. The van der Waals surface area contributed by atoms with Crippen LogP contribution in [0.2, 0.25) is 0 Å². The summed E-state index contributed by atoms with van der Waals surface area (Å²) in [7, 11) is 0. The molecular formula is C12H23N3O. The molecule has 0 unspecified atom stereocenters. The highest BCUT2D eigenvalue weighted by atomic mass is 16.1. The van der Waals surface area contributed by atoms with Gasteiger partial charge in [0.25, 0.3) is 0 Å². The molecule has 2 rings (SSSR count). The van der Waals surface area contributed by atoms with Gasteiger partial charge in [-0.3, -0.25) is 9.69 Å². The third kappa shape index (κ3) is 3.19. The van der Waals surface area contributed by atoms with Crippen LogP contribution in [0.15, 0.2) is 0 Å². The molecule has 0 atom stereocenters. The van der Waals surface area contributed by atoms with Gasteiger partial charge in [-0.05, 0) is 31.6 Å². The van der Waals surface area contributed by atoms with E-state index in [-0.39, 0.29) is 5.91 Å². The van der Waals surface area contributed by atoms with Crippen molar-refractivity contribution in [1.82, 2.24) is 10.2 Å². The van der Waals surface area contributed by atoms with Gasteiger partial charge in [0.15, 0.2) is 0 Å². The van der Waals surface area contributed by atoms with E-state index < -0.39 is 0 Å². The van der Waals surface area contributed by atoms with Gasteiger partial charge in [0.1, 0.15) is 0 Å². The van der Waals surface area contributed by atoms with E-state index >= 15 is 0 Å². The van der Waals surface area contributed by atoms with Crippen molar-refractivity contribution >= 4 is 5.91 Å². The Hall–Kier alpha value is -0.610. The Kier molecular flexibility index (Phi) is 3.82. The summed E-state index contributed by atoms with van der Waals surface area (Å²) in [5.41, 5.74) is 5.19. The summed E-state index contributed by atoms with van der Waals surface area (Å²) in [6.45, 7) is 4.74. The standard InChI is InChI=1S/C12H23N3O/c1-9-6-11(7-9)14-10-2-4-15(5-3-10)8-12(13)16/h9-11,14H,2-8H2,1H3,(H2,13,16). The van der Waals surface area contributed by atoms with Crippen LogP contribution in [0.4, 0.5) is 0 Å². The first-order valence-corrected chi connectivity index (χ1v) is 6.40. The molecule has 0 aromatic carbocycles. The summed E-state index contributed by atoms with van der Waals surface area (Å²) in [6.07, 6.45) is 4.97. The Labute approximate surface area is 97.6 Å². The number of carbonyl (C=O) groups is 1. The molecule has 4 heteroatoms. The number of piperidine rings is 1. The normalized spacial score (nSPS) is 32.3. The molecule has 0 aromatic rings. The van der Waals surface area contributed by atoms with Gasteiger partial charge in [-0.1, -0.05) is 6.92 Å². The van der Waals surface area contributed by atoms with E-state index in [0.29, 0.717) is 12.6 Å². The Balaban J connectivity index is 1.63. The summed E-state index contributed by atoms with van der Waals surface area (Å²) >= 11 is 0. The average Bonchev–Trinajstić information content (AvgIpc) is 2.18. The maximum Gasteiger partial charge on any atom is 0.231 e. The van der Waals surface area contributed by atoms with Crippen molar-refractivity contribution in [2.75, 3.05) is 19.6 Å². The number of hydrogen-bond acceptors (Lipinski definition) is 3. The van der Waals surface area contributed by atoms with Gasteiger partial charge in [-0.2, -0.15) is 0 Å². The van der Waals surface area contributed by atoms with Gasteiger partial charge in [-0.15, -0.1) is 0 Å². The van der Waals surface area contributed by atoms with E-state index in [4.69, 9.17) is 5.73 Å². The van der Waals surface area contributed by atoms with Gasteiger partial charge in [-0.25, -0.2) is 0 Å². The third-order valence-electron chi connectivity index (χ3n) is 3.81. The Morgan fingerprint density at radius 1 is 1.31 bits per heavy atom. The summed E-state index contributed by atoms with van der Waals surface area (Å²) in [4.78, 5) is 12.9. The second-order valence-corrected chi connectivity index (χ2v) is 5.46. The second-order valence-electron chi connectivity index (χ2n) is 5.46. The van der Waals surface area contributed by atoms with Gasteiger partial charge in [0, 0.05) is 25.2 Å². The molecule has 92 valence electrons. The first-order valence-electron chi connectivity index (χ1n) is 6.40. The van der Waals surface area contributed by atoms with Crippen molar-refractivity contribution in [2.24, 2.45) is 11.7 Å². The number of nitrogens with one attached hydrogen (secondary N) is 1. The molecule has 0 spiro atoms. The summed E-state index contributed by atoms with van der Waals surface area (Å²) in [5, 5.41) is 3.72. The maximum atomic E-state index is 10.8. The molecule has 3 N–H and O–H groups in total. The van der Waals surface area contributed by atoms with Gasteiger partial charge in [0.2, 0.25) is 5.91 Å². The minimum atomic E-state index is -0.209. The molecule has 1 amide bonds. The topological polar surface area (TPSA) is 58.4 Å². The van der Waals surface area contributed by atoms with E-state index in [2.05, 4.69) is 17.1 Å². The average molecular weight is 225 g/mol. The van der Waals surface area contributed by atoms with Crippen LogP contribution in [0.5, 0.6) is 0 Å². The van der Waals surface area contributed by atoms with Gasteiger partial charge in [0.05, 0.1) is 6.54 Å². The number of hydrogen-bond donors (Lipinski definition) is 2. The number of primary amides is 1. The Bertz CT molecular complexity index is 243. The first kappa shape index (κ1) is 11.9. The van der Waals surface area contributed by atoms with E-state index in [0.717, 1.165) is 37.9 Å². The molecule has 2 aliphatic rings. The zero-order chi connectivity index (χ0) is 11.5. The molecule has 1 saturated heterocycles. The van der Waals surface area contributed by atoms with E-state index in [9.17, 15) is 4.79 Å². The zero-order valence-corrected chi connectivity index (χ0v) is 10.1. The number of likely N-dealkylation sites (tertiary alicyclic amines) is 1. The number of nitrogens with zero attached hydrogens (tertiary/aromatic N) is 1. The molecule has 0 aromatic heterocycles. The highest BCUT2D eigenvalue weighted by Gasteiger charge is 2.28. The number of rotatable bonds is 4. The van der Waals surface area contributed by atoms with Crippen molar-refractivity contribution in [3.63, 3.8) is 0 Å². The van der Waals surface area contributed by atoms with Crippen molar-refractivity contribution < 1.29 is 4.79 Å². The van der Waals surface area contributed by atoms with Crippen LogP contribution in [0, 0.1) is 5.92 Å². The lowest BCUT2D eigenvalue weighted by Crippen LogP contribution is -2.50. The summed E-state index contributed by atoms with van der Waals surface area (Å²) in [6, 6.07) is 1.41. The van der Waals surface area contributed by atoms with Crippen LogP contribution in [0.1, 0.15) is 32.6 Å². The lowest BCUT2D eigenvalue weighted by molar-refractivity contribution is -0.119. The maximum absolute atomic E-state index is 10.8. The molecule has 1 saturated carbocycles. The Morgan fingerprint density at radius 2 is 1.94 bits per heavy atom. The monoisotopic (exact) mass is 225 g/mol. The Morgan fingerprint density at radius 3 is 2.44 bits per heavy atom. The van der Waals surface area contributed by atoms with E-state index in [1.165, 1.54) is 12.8 Å². The fourth-order valence-electron chi connectivity index (χ4n) is 2.85. The quantitative estimate of drug-likeness (QED) is 0.724. The highest BCUT2D eigenvalue weighted by molar-refractivity contribution is 5.75. The van der Waals surface area contributed by atoms with Crippen LogP contribution in [0.25, 0.3) is 0 Å². The number of carbonyl (C=O) groups excluding carboxylic acids is 1. The minimum Gasteiger partial charge on any atom is -0.369 e. The van der Waals surface area contributed by atoms with Crippen molar-refractivity contribution in [2.45, 2.75) is 44.7 Å². The molecular weight excluding hydrogens is 202 g/mol. The molecule has 0 radical (unpaired) electrons. The molecule has 1 heterocycles. The summed E-state index contributed by atoms with van der Waals surface area (Å²) in [5.74, 6) is 0.701. The molecule has 16 heavy (non-hydrogen) atoms. The zero-order valence-electron chi connectivity index (χ0n) is 10.1. The van der Waals surface area contributed by atoms with Crippen molar-refractivity contribution in [3.05, 3.63) is 0 Å². The third-order valence-corrected chi connectivity index (χ3v) is 3.81. The molecule has 4 nitrogen and oxygen atoms in total. The van der Waals surface area contributed by atoms with Crippen molar-refractivity contribution in [1.29, 1.82) is 0 Å². The molecule has 0 bridgehead atoms. The van der Waals surface area contributed by atoms with Crippen LogP contribution < -0.4 is 11.1 Å². The second kappa shape index (κ2) is 5.15. The molecule has 1 aliphatic heterocycles. The van der Waals surface area contributed by atoms with E-state index in [1.54, 1.807) is 0 Å². The lowest BCUT2D eigenvalue weighted by atomic mass is 9.81. The summed E-state index contributed by atoms with van der Waals surface area (Å²) < 4.78 is 0. The molecule has 2 fully saturated rings. The van der Waals surface area contributed by atoms with Crippen molar-refractivity contribution in [3.8, 4) is 0 Å². The fourth-order valence-corrected chi connectivity index (χ4v) is 2.85. The van der Waals surface area contributed by atoms with Crippen LogP contribution in [-0.4, -0.2) is 42.5 Å². The van der Waals surface area contributed by atoms with E-state index in [1.807, 2.05) is 0 Å². The van der Waals surface area contributed by atoms with Crippen LogP contribution >= 0.6 is 0 Å². The fraction of sp³-hybridized carbons (Fsp3) is 0.917. The molecule has 1 aliphatic carbocycles. The minimum absolute atomic E-state index is 0.209.